The number of carbonyl (C=O) groups is 8. The summed E-state index contributed by atoms with van der Waals surface area (Å²) >= 11 is 0. The van der Waals surface area contributed by atoms with Crippen LogP contribution in [0.3, 0.4) is 0 Å². The Balaban J connectivity index is 6.26. The van der Waals surface area contributed by atoms with Gasteiger partial charge in [0.25, 0.3) is 0 Å². The molecule has 0 unspecified atom stereocenters. The van der Waals surface area contributed by atoms with Crippen LogP contribution in [0.4, 0.5) is 0 Å². The predicted molar refractivity (Wildman–Crippen MR) is 207 cm³/mol. The van der Waals surface area contributed by atoms with E-state index in [9.17, 15) is 48.6 Å². The molecule has 0 saturated heterocycles. The number of nitrogens with two attached hydrogens (primary N) is 7. The maximum absolute atomic E-state index is 13.8. The second-order valence-electron chi connectivity index (χ2n) is 13.0. The van der Waals surface area contributed by atoms with E-state index in [4.69, 9.17) is 40.1 Å². The van der Waals surface area contributed by atoms with Gasteiger partial charge in [-0.05, 0) is 71.8 Å². The molecule has 0 fully saturated rings. The molecule has 0 heterocycles. The van der Waals surface area contributed by atoms with Crippen LogP contribution in [0.2, 0.25) is 0 Å². The molecule has 0 saturated carbocycles. The van der Waals surface area contributed by atoms with Gasteiger partial charge in [0.2, 0.25) is 41.4 Å². The highest BCUT2D eigenvalue weighted by atomic mass is 16.4. The number of amides is 7. The van der Waals surface area contributed by atoms with Crippen molar-refractivity contribution in [2.45, 2.75) is 114 Å². The number of aliphatic imine (C=N–C) groups is 2. The number of nitrogens with zero attached hydrogens (tertiary/aromatic N) is 2. The lowest BCUT2D eigenvalue weighted by Crippen LogP contribution is -2.59. The summed E-state index contributed by atoms with van der Waals surface area (Å²) < 4.78 is 0. The zero-order valence-corrected chi connectivity index (χ0v) is 32.3. The van der Waals surface area contributed by atoms with Crippen molar-refractivity contribution in [1.29, 1.82) is 0 Å². The first-order valence-corrected chi connectivity index (χ1v) is 18.2. The van der Waals surface area contributed by atoms with Gasteiger partial charge in [0.15, 0.2) is 11.9 Å². The molecule has 0 spiro atoms. The summed E-state index contributed by atoms with van der Waals surface area (Å²) in [4.78, 5) is 110. The van der Waals surface area contributed by atoms with Crippen molar-refractivity contribution < 1.29 is 48.6 Å². The minimum absolute atomic E-state index is 0.00784. The number of carboxylic acids is 1. The van der Waals surface area contributed by atoms with Gasteiger partial charge in [-0.25, -0.2) is 0 Å². The van der Waals surface area contributed by atoms with E-state index in [1.807, 2.05) is 0 Å². The monoisotopic (exact) mass is 815 g/mol. The molecule has 0 aromatic heterocycles. The third kappa shape index (κ3) is 22.4. The van der Waals surface area contributed by atoms with Crippen LogP contribution in [0.15, 0.2) is 9.98 Å². The molecule has 57 heavy (non-hydrogen) atoms. The highest BCUT2D eigenvalue weighted by molar-refractivity contribution is 5.97. The lowest BCUT2D eigenvalue weighted by Gasteiger charge is -2.27. The second kappa shape index (κ2) is 27.7. The number of nitrogens with one attached hydrogen (secondary N) is 6. The topological polar surface area (TPSA) is 456 Å². The van der Waals surface area contributed by atoms with Gasteiger partial charge in [-0.3, -0.25) is 48.3 Å². The molecule has 0 rings (SSSR count). The second-order valence-corrected chi connectivity index (χ2v) is 13.0. The third-order valence-corrected chi connectivity index (χ3v) is 8.06. The van der Waals surface area contributed by atoms with E-state index in [1.54, 1.807) is 0 Å². The first kappa shape index (κ1) is 51.2. The van der Waals surface area contributed by atoms with Gasteiger partial charge >= 0.3 is 5.97 Å². The van der Waals surface area contributed by atoms with Crippen molar-refractivity contribution in [2.24, 2.45) is 50.1 Å². The van der Waals surface area contributed by atoms with Crippen molar-refractivity contribution in [1.82, 2.24) is 31.9 Å². The van der Waals surface area contributed by atoms with Crippen molar-refractivity contribution in [2.75, 3.05) is 26.2 Å². The summed E-state index contributed by atoms with van der Waals surface area (Å²) in [5, 5.41) is 33.1. The molecule has 324 valence electrons. The van der Waals surface area contributed by atoms with E-state index in [0.29, 0.717) is 12.8 Å². The summed E-state index contributed by atoms with van der Waals surface area (Å²) in [7, 11) is 0. The van der Waals surface area contributed by atoms with Gasteiger partial charge in [0.1, 0.15) is 42.3 Å². The Kier molecular flexibility index (Phi) is 24.9. The number of aliphatic carboxylic acids is 1. The third-order valence-electron chi connectivity index (χ3n) is 8.06. The molecule has 0 aliphatic rings. The van der Waals surface area contributed by atoms with Crippen molar-refractivity contribution in [3.8, 4) is 0 Å². The van der Waals surface area contributed by atoms with E-state index in [1.165, 1.54) is 13.8 Å². The van der Waals surface area contributed by atoms with Gasteiger partial charge in [-0.1, -0.05) is 0 Å². The Morgan fingerprint density at radius 3 is 1.33 bits per heavy atom. The van der Waals surface area contributed by atoms with Crippen LogP contribution < -0.4 is 72.0 Å². The van der Waals surface area contributed by atoms with Crippen LogP contribution in [0, 0.1) is 0 Å². The van der Waals surface area contributed by atoms with Gasteiger partial charge in [0.05, 0.1) is 6.61 Å². The molecule has 25 nitrogen and oxygen atoms in total. The minimum Gasteiger partial charge on any atom is -0.480 e. The van der Waals surface area contributed by atoms with E-state index < -0.39 is 96.2 Å². The molecule has 0 aliphatic carbocycles. The largest absolute Gasteiger partial charge is 0.480 e. The van der Waals surface area contributed by atoms with Crippen LogP contribution in [0.25, 0.3) is 0 Å². The molecule has 0 radical (unpaired) electrons. The molecule has 0 aromatic carbocycles. The number of hydrogen-bond donors (Lipinski definition) is 15. The Morgan fingerprint density at radius 1 is 0.544 bits per heavy atom. The SMILES string of the molecule is C[C@H](NC(=O)[C@H](CCC(N)=O)NC(=O)[C@H](CCCCN)NC(=O)[C@H](CCCN=C(N)N)NC(=O)[C@H](C)NC(=O)[C@H](CCCN=C(N)N)NC(=O)[C@@H](N)CO)C(=O)O. The number of hydrogen-bond acceptors (Lipinski definition) is 13. The maximum Gasteiger partial charge on any atom is 0.325 e. The van der Waals surface area contributed by atoms with Crippen molar-refractivity contribution in [3.05, 3.63) is 0 Å². The highest BCUT2D eigenvalue weighted by Gasteiger charge is 2.32. The Hall–Kier alpha value is -5.82. The molecular formula is C32H61N15O10. The quantitative estimate of drug-likeness (QED) is 0.0189. The Morgan fingerprint density at radius 2 is 0.930 bits per heavy atom. The number of primary amides is 1. The van der Waals surface area contributed by atoms with E-state index >= 15 is 0 Å². The normalized spacial score (nSPS) is 14.4. The van der Waals surface area contributed by atoms with Crippen molar-refractivity contribution in [3.63, 3.8) is 0 Å². The van der Waals surface area contributed by atoms with Crippen molar-refractivity contribution >= 4 is 59.2 Å². The van der Waals surface area contributed by atoms with Crippen LogP contribution in [-0.4, -0.2) is 138 Å². The summed E-state index contributed by atoms with van der Waals surface area (Å²) in [6.07, 6.45) is 0.490. The maximum atomic E-state index is 13.8. The molecular weight excluding hydrogens is 754 g/mol. The fourth-order valence-corrected chi connectivity index (χ4v) is 4.82. The summed E-state index contributed by atoms with van der Waals surface area (Å²) in [5.41, 5.74) is 37.9. The molecule has 25 heteroatoms. The van der Waals surface area contributed by atoms with E-state index in [2.05, 4.69) is 41.9 Å². The standard InChI is InChI=1S/C32H61N15O10/c1-16(42-26(52)20(8-5-13-40-31(36)37)45-25(51)18(34)15-48)24(50)44-21(9-6-14-41-32(38)39)29(55)46-19(7-3-4-12-33)28(54)47-22(10-11-23(35)49)27(53)43-17(2)30(56)57/h16-22,48H,3-15,33-34H2,1-2H3,(H2,35,49)(H,42,52)(H,43,53)(H,44,50)(H,45,51)(H,46,55)(H,47,54)(H,56,57)(H4,36,37,40)(H4,38,39,41)/t16-,17-,18-,19-,20-,21-,22-/m0/s1. The van der Waals surface area contributed by atoms with E-state index in [-0.39, 0.29) is 76.5 Å². The molecule has 0 aliphatic heterocycles. The number of aliphatic hydroxyl groups excluding tert-OH is 1. The Bertz CT molecular complexity index is 1420. The number of guanidine groups is 2. The van der Waals surface area contributed by atoms with Gasteiger partial charge < -0.3 is 82.2 Å². The fourth-order valence-electron chi connectivity index (χ4n) is 4.82. The molecule has 7 amide bonds. The highest BCUT2D eigenvalue weighted by Crippen LogP contribution is 2.08. The lowest BCUT2D eigenvalue weighted by molar-refractivity contribution is -0.142. The summed E-state index contributed by atoms with van der Waals surface area (Å²) in [6.45, 7) is 2.21. The number of carboxylic acid groups (broad SMARTS) is 1. The first-order valence-electron chi connectivity index (χ1n) is 18.2. The molecule has 0 bridgehead atoms. The molecule has 7 atom stereocenters. The summed E-state index contributed by atoms with van der Waals surface area (Å²) in [5.74, 6) is -7.68. The average molecular weight is 816 g/mol. The number of unbranched alkanes of at least 4 members (excludes halogenated alkanes) is 1. The number of aliphatic hydroxyl groups is 1. The Labute approximate surface area is 329 Å². The smallest absolute Gasteiger partial charge is 0.325 e. The average Bonchev–Trinajstić information content (AvgIpc) is 3.13. The van der Waals surface area contributed by atoms with E-state index in [0.717, 1.165) is 0 Å². The zero-order valence-electron chi connectivity index (χ0n) is 32.3. The van der Waals surface area contributed by atoms with Gasteiger partial charge in [-0.2, -0.15) is 0 Å². The lowest BCUT2D eigenvalue weighted by atomic mass is 10.0. The fraction of sp³-hybridized carbons (Fsp3) is 0.688. The van der Waals surface area contributed by atoms with Crippen LogP contribution in [0.1, 0.15) is 71.6 Å². The van der Waals surface area contributed by atoms with Gasteiger partial charge in [0, 0.05) is 19.5 Å². The minimum atomic E-state index is -1.42. The molecule has 22 N–H and O–H groups in total. The molecule has 0 aromatic rings. The number of rotatable bonds is 29. The number of carbonyl (C=O) groups excluding carboxylic acids is 7. The van der Waals surface area contributed by atoms with Crippen LogP contribution in [-0.2, 0) is 38.4 Å². The summed E-state index contributed by atoms with van der Waals surface area (Å²) in [6, 6.07) is -9.27. The zero-order chi connectivity index (χ0) is 43.7. The van der Waals surface area contributed by atoms with Crippen LogP contribution >= 0.6 is 0 Å². The van der Waals surface area contributed by atoms with Crippen LogP contribution in [0.5, 0.6) is 0 Å². The van der Waals surface area contributed by atoms with Gasteiger partial charge in [-0.15, -0.1) is 0 Å². The predicted octanol–water partition coefficient (Wildman–Crippen LogP) is -7.16. The first-order chi connectivity index (χ1) is 26.7.